The molecule has 1 N–H and O–H groups in total. The van der Waals surface area contributed by atoms with Gasteiger partial charge in [-0.2, -0.15) is 5.26 Å². The molecule has 0 heterocycles. The van der Waals surface area contributed by atoms with Crippen molar-refractivity contribution in [2.24, 2.45) is 0 Å². The molecule has 0 spiro atoms. The Hall–Kier alpha value is -2.13. The standard InChI is InChI=1S/C11H14N4O2/c1-13-5-6-14(2)11-4-3-10(15(16)17)7-9(11)8-12/h3-4,7,13H,5-6H2,1-2H3. The first-order valence-corrected chi connectivity index (χ1v) is 5.14. The van der Waals surface area contributed by atoms with Crippen molar-refractivity contribution >= 4 is 11.4 Å². The lowest BCUT2D eigenvalue weighted by molar-refractivity contribution is -0.384. The van der Waals surface area contributed by atoms with Gasteiger partial charge in [-0.1, -0.05) is 0 Å². The smallest absolute Gasteiger partial charge is 0.270 e. The minimum atomic E-state index is -0.502. The average molecular weight is 234 g/mol. The number of benzene rings is 1. The molecule has 6 nitrogen and oxygen atoms in total. The van der Waals surface area contributed by atoms with Gasteiger partial charge < -0.3 is 10.2 Å². The van der Waals surface area contributed by atoms with Gasteiger partial charge in [0.2, 0.25) is 0 Å². The number of nitro groups is 1. The molecule has 6 heteroatoms. The largest absolute Gasteiger partial charge is 0.372 e. The van der Waals surface area contributed by atoms with E-state index in [2.05, 4.69) is 5.32 Å². The Kier molecular flexibility index (Phi) is 4.43. The van der Waals surface area contributed by atoms with Crippen molar-refractivity contribution in [2.75, 3.05) is 32.1 Å². The molecule has 90 valence electrons. The highest BCUT2D eigenvalue weighted by Crippen LogP contribution is 2.23. The predicted octanol–water partition coefficient (Wildman–Crippen LogP) is 1.12. The van der Waals surface area contributed by atoms with Crippen LogP contribution in [-0.4, -0.2) is 32.1 Å². The second kappa shape index (κ2) is 5.82. The normalized spacial score (nSPS) is 9.71. The lowest BCUT2D eigenvalue weighted by Crippen LogP contribution is -2.27. The highest BCUT2D eigenvalue weighted by atomic mass is 16.6. The Morgan fingerprint density at radius 1 is 1.59 bits per heavy atom. The summed E-state index contributed by atoms with van der Waals surface area (Å²) >= 11 is 0. The summed E-state index contributed by atoms with van der Waals surface area (Å²) in [7, 11) is 3.69. The van der Waals surface area contributed by atoms with Gasteiger partial charge in [-0.05, 0) is 13.1 Å². The lowest BCUT2D eigenvalue weighted by atomic mass is 10.1. The van der Waals surface area contributed by atoms with Crippen LogP contribution >= 0.6 is 0 Å². The first kappa shape index (κ1) is 12.9. The maximum atomic E-state index is 10.6. The van der Waals surface area contributed by atoms with Crippen LogP contribution in [0.3, 0.4) is 0 Å². The van der Waals surface area contributed by atoms with Crippen LogP contribution in [0.1, 0.15) is 5.56 Å². The minimum absolute atomic E-state index is 0.0627. The van der Waals surface area contributed by atoms with Crippen molar-refractivity contribution in [3.05, 3.63) is 33.9 Å². The number of rotatable bonds is 5. The van der Waals surface area contributed by atoms with Crippen molar-refractivity contribution in [1.82, 2.24) is 5.32 Å². The molecule has 0 fully saturated rings. The summed E-state index contributed by atoms with van der Waals surface area (Å²) in [5.41, 5.74) is 0.957. The number of anilines is 1. The van der Waals surface area contributed by atoms with Crippen LogP contribution in [0.2, 0.25) is 0 Å². The van der Waals surface area contributed by atoms with E-state index in [0.717, 1.165) is 13.1 Å². The molecule has 17 heavy (non-hydrogen) atoms. The van der Waals surface area contributed by atoms with Gasteiger partial charge in [0.15, 0.2) is 0 Å². The summed E-state index contributed by atoms with van der Waals surface area (Å²) in [5, 5.41) is 22.6. The van der Waals surface area contributed by atoms with E-state index in [4.69, 9.17) is 5.26 Å². The molecule has 0 aromatic heterocycles. The number of nitrogens with zero attached hydrogens (tertiary/aromatic N) is 3. The number of likely N-dealkylation sites (N-methyl/N-ethyl adjacent to an activating group) is 2. The van der Waals surface area contributed by atoms with Crippen molar-refractivity contribution < 1.29 is 4.92 Å². The topological polar surface area (TPSA) is 82.2 Å². The Morgan fingerprint density at radius 2 is 2.29 bits per heavy atom. The maximum Gasteiger partial charge on any atom is 0.270 e. The zero-order valence-corrected chi connectivity index (χ0v) is 9.80. The second-order valence-corrected chi connectivity index (χ2v) is 3.60. The Morgan fingerprint density at radius 3 is 2.82 bits per heavy atom. The fourth-order valence-electron chi connectivity index (χ4n) is 1.46. The summed E-state index contributed by atoms with van der Waals surface area (Å²) in [6.45, 7) is 1.50. The van der Waals surface area contributed by atoms with Crippen LogP contribution in [0.15, 0.2) is 18.2 Å². The van der Waals surface area contributed by atoms with Crippen molar-refractivity contribution in [1.29, 1.82) is 5.26 Å². The quantitative estimate of drug-likeness (QED) is 0.609. The molecule has 0 bridgehead atoms. The van der Waals surface area contributed by atoms with Crippen molar-refractivity contribution in [3.63, 3.8) is 0 Å². The second-order valence-electron chi connectivity index (χ2n) is 3.60. The van der Waals surface area contributed by atoms with E-state index >= 15 is 0 Å². The SMILES string of the molecule is CNCCN(C)c1ccc([N+](=O)[O-])cc1C#N. The molecule has 0 atom stereocenters. The predicted molar refractivity (Wildman–Crippen MR) is 65.0 cm³/mol. The highest BCUT2D eigenvalue weighted by molar-refractivity contribution is 5.62. The molecule has 0 amide bonds. The van der Waals surface area contributed by atoms with Gasteiger partial charge in [0.05, 0.1) is 16.2 Å². The first-order chi connectivity index (χ1) is 8.10. The molecule has 0 saturated heterocycles. The van der Waals surface area contributed by atoms with Gasteiger partial charge >= 0.3 is 0 Å². The molecule has 0 aliphatic heterocycles. The molecule has 0 aliphatic rings. The van der Waals surface area contributed by atoms with Gasteiger partial charge in [-0.3, -0.25) is 10.1 Å². The van der Waals surface area contributed by atoms with Gasteiger partial charge in [0.25, 0.3) is 5.69 Å². The van der Waals surface area contributed by atoms with Crippen LogP contribution in [-0.2, 0) is 0 Å². The van der Waals surface area contributed by atoms with Gasteiger partial charge in [0.1, 0.15) is 6.07 Å². The number of nitrogens with one attached hydrogen (secondary N) is 1. The molecule has 1 aromatic carbocycles. The van der Waals surface area contributed by atoms with Crippen LogP contribution < -0.4 is 10.2 Å². The molecular formula is C11H14N4O2. The van der Waals surface area contributed by atoms with E-state index in [-0.39, 0.29) is 5.69 Å². The van der Waals surface area contributed by atoms with Gasteiger partial charge in [-0.15, -0.1) is 0 Å². The number of nitriles is 1. The van der Waals surface area contributed by atoms with E-state index in [1.165, 1.54) is 12.1 Å². The number of hydrogen-bond donors (Lipinski definition) is 1. The molecule has 1 rings (SSSR count). The van der Waals surface area contributed by atoms with E-state index in [1.54, 1.807) is 6.07 Å². The lowest BCUT2D eigenvalue weighted by Gasteiger charge is -2.19. The Bertz CT molecular complexity index is 453. The van der Waals surface area contributed by atoms with E-state index in [0.29, 0.717) is 11.3 Å². The summed E-state index contributed by atoms with van der Waals surface area (Å²) in [6, 6.07) is 6.29. The van der Waals surface area contributed by atoms with Crippen molar-refractivity contribution in [2.45, 2.75) is 0 Å². The average Bonchev–Trinajstić information content (AvgIpc) is 2.34. The van der Waals surface area contributed by atoms with E-state index in [1.807, 2.05) is 25.1 Å². The Labute approximate surface area is 99.6 Å². The summed E-state index contributed by atoms with van der Waals surface area (Å²) < 4.78 is 0. The zero-order valence-electron chi connectivity index (χ0n) is 9.80. The molecule has 1 aromatic rings. The summed E-state index contributed by atoms with van der Waals surface area (Å²) in [5.74, 6) is 0. The summed E-state index contributed by atoms with van der Waals surface area (Å²) in [6.07, 6.45) is 0. The first-order valence-electron chi connectivity index (χ1n) is 5.14. The minimum Gasteiger partial charge on any atom is -0.372 e. The number of non-ortho nitro benzene ring substituents is 1. The molecular weight excluding hydrogens is 220 g/mol. The van der Waals surface area contributed by atoms with Crippen LogP contribution in [0.25, 0.3) is 0 Å². The monoisotopic (exact) mass is 234 g/mol. The summed E-state index contributed by atoms with van der Waals surface area (Å²) in [4.78, 5) is 12.0. The van der Waals surface area contributed by atoms with E-state index < -0.39 is 4.92 Å². The van der Waals surface area contributed by atoms with Crippen molar-refractivity contribution in [3.8, 4) is 6.07 Å². The third-order valence-electron chi connectivity index (χ3n) is 2.42. The highest BCUT2D eigenvalue weighted by Gasteiger charge is 2.12. The molecule has 0 radical (unpaired) electrons. The van der Waals surface area contributed by atoms with Crippen LogP contribution in [0.5, 0.6) is 0 Å². The fraction of sp³-hybridized carbons (Fsp3) is 0.364. The van der Waals surface area contributed by atoms with E-state index in [9.17, 15) is 10.1 Å². The Balaban J connectivity index is 3.01. The van der Waals surface area contributed by atoms with Crippen LogP contribution in [0.4, 0.5) is 11.4 Å². The third-order valence-corrected chi connectivity index (χ3v) is 2.42. The maximum absolute atomic E-state index is 10.6. The van der Waals surface area contributed by atoms with Gasteiger partial charge in [0, 0.05) is 32.3 Å². The van der Waals surface area contributed by atoms with Gasteiger partial charge in [-0.25, -0.2) is 0 Å². The molecule has 0 unspecified atom stereocenters. The number of nitro benzene ring substituents is 1. The third kappa shape index (κ3) is 3.16. The molecule has 0 saturated carbocycles. The zero-order chi connectivity index (χ0) is 12.8. The molecule has 0 aliphatic carbocycles. The van der Waals surface area contributed by atoms with Crippen LogP contribution in [0, 0.1) is 21.4 Å². The fourth-order valence-corrected chi connectivity index (χ4v) is 1.46. The number of hydrogen-bond acceptors (Lipinski definition) is 5.